The molecule has 2 aromatic carbocycles. The smallest absolute Gasteiger partial charge is 0.264 e. The van der Waals surface area contributed by atoms with Crippen LogP contribution < -0.4 is 19.1 Å². The molecule has 2 aromatic rings. The summed E-state index contributed by atoms with van der Waals surface area (Å²) in [6, 6.07) is 9.80. The molecule has 0 aliphatic rings. The highest BCUT2D eigenvalue weighted by Gasteiger charge is 2.29. The standard InChI is InChI=1S/C22H30N2O5S/c1-15-10-16(2)12-17(11-15)24(14-21(25)23-22(3,4)5)30(26,27)18-8-9-19(28-6)20(13-18)29-7/h8-13H,14H2,1-7H3,(H,23,25). The number of hydrogen-bond acceptors (Lipinski definition) is 5. The highest BCUT2D eigenvalue weighted by Crippen LogP contribution is 2.32. The number of carbonyl (C=O) groups is 1. The number of amides is 1. The number of sulfonamides is 1. The Balaban J connectivity index is 2.58. The van der Waals surface area contributed by atoms with Crippen LogP contribution in [0.25, 0.3) is 0 Å². The first kappa shape index (κ1) is 23.5. The van der Waals surface area contributed by atoms with Crippen molar-refractivity contribution in [3.8, 4) is 11.5 Å². The van der Waals surface area contributed by atoms with E-state index in [-0.39, 0.29) is 17.2 Å². The summed E-state index contributed by atoms with van der Waals surface area (Å²) in [4.78, 5) is 12.7. The molecule has 0 atom stereocenters. The molecule has 7 nitrogen and oxygen atoms in total. The van der Waals surface area contributed by atoms with Crippen LogP contribution in [0.5, 0.6) is 11.5 Å². The lowest BCUT2D eigenvalue weighted by Crippen LogP contribution is -2.47. The minimum Gasteiger partial charge on any atom is -0.493 e. The van der Waals surface area contributed by atoms with Crippen LogP contribution in [0.1, 0.15) is 31.9 Å². The van der Waals surface area contributed by atoms with E-state index in [9.17, 15) is 13.2 Å². The number of anilines is 1. The Bertz CT molecular complexity index is 1010. The monoisotopic (exact) mass is 434 g/mol. The van der Waals surface area contributed by atoms with Gasteiger partial charge in [-0.3, -0.25) is 9.10 Å². The molecule has 0 saturated heterocycles. The second kappa shape index (κ2) is 8.95. The SMILES string of the molecule is COc1ccc(S(=O)(=O)N(CC(=O)NC(C)(C)C)c2cc(C)cc(C)c2)cc1OC. The van der Waals surface area contributed by atoms with E-state index in [1.54, 1.807) is 12.1 Å². The number of methoxy groups -OCH3 is 2. The summed E-state index contributed by atoms with van der Waals surface area (Å²) in [5.74, 6) is 0.309. The van der Waals surface area contributed by atoms with E-state index in [2.05, 4.69) is 5.32 Å². The van der Waals surface area contributed by atoms with E-state index in [0.717, 1.165) is 15.4 Å². The molecule has 0 saturated carbocycles. The van der Waals surface area contributed by atoms with Gasteiger partial charge in [-0.2, -0.15) is 0 Å². The zero-order valence-electron chi connectivity index (χ0n) is 18.6. The average Bonchev–Trinajstić information content (AvgIpc) is 2.63. The number of rotatable bonds is 7. The van der Waals surface area contributed by atoms with Crippen LogP contribution in [0.3, 0.4) is 0 Å². The molecule has 8 heteroatoms. The van der Waals surface area contributed by atoms with Crippen molar-refractivity contribution in [2.75, 3.05) is 25.1 Å². The molecule has 0 spiro atoms. The van der Waals surface area contributed by atoms with E-state index in [4.69, 9.17) is 9.47 Å². The predicted molar refractivity (Wildman–Crippen MR) is 118 cm³/mol. The van der Waals surface area contributed by atoms with Crippen molar-refractivity contribution in [1.29, 1.82) is 0 Å². The van der Waals surface area contributed by atoms with E-state index in [0.29, 0.717) is 11.4 Å². The number of ether oxygens (including phenoxy) is 2. The quantitative estimate of drug-likeness (QED) is 0.722. The summed E-state index contributed by atoms with van der Waals surface area (Å²) in [6.07, 6.45) is 0. The maximum Gasteiger partial charge on any atom is 0.264 e. The third kappa shape index (κ3) is 5.66. The van der Waals surface area contributed by atoms with Gasteiger partial charge in [0.1, 0.15) is 6.54 Å². The van der Waals surface area contributed by atoms with Gasteiger partial charge in [0, 0.05) is 11.6 Å². The van der Waals surface area contributed by atoms with Crippen LogP contribution in [0.15, 0.2) is 41.3 Å². The van der Waals surface area contributed by atoms with Crippen molar-refractivity contribution < 1.29 is 22.7 Å². The van der Waals surface area contributed by atoms with Crippen molar-refractivity contribution in [3.63, 3.8) is 0 Å². The Morgan fingerprint density at radius 2 is 1.53 bits per heavy atom. The topological polar surface area (TPSA) is 84.9 Å². The first-order chi connectivity index (χ1) is 13.9. The first-order valence-electron chi connectivity index (χ1n) is 9.51. The van der Waals surface area contributed by atoms with Crippen molar-refractivity contribution >= 4 is 21.6 Å². The van der Waals surface area contributed by atoms with Gasteiger partial charge >= 0.3 is 0 Å². The fourth-order valence-electron chi connectivity index (χ4n) is 3.10. The Morgan fingerprint density at radius 3 is 2.03 bits per heavy atom. The number of hydrogen-bond donors (Lipinski definition) is 1. The largest absolute Gasteiger partial charge is 0.493 e. The Hall–Kier alpha value is -2.74. The summed E-state index contributed by atoms with van der Waals surface area (Å²) in [7, 11) is -1.14. The van der Waals surface area contributed by atoms with Crippen molar-refractivity contribution in [3.05, 3.63) is 47.5 Å². The molecule has 30 heavy (non-hydrogen) atoms. The van der Waals surface area contributed by atoms with Gasteiger partial charge in [-0.05, 0) is 70.0 Å². The molecular weight excluding hydrogens is 404 g/mol. The fourth-order valence-corrected chi connectivity index (χ4v) is 4.52. The molecule has 0 aliphatic carbocycles. The first-order valence-corrected chi connectivity index (χ1v) is 11.0. The zero-order chi connectivity index (χ0) is 22.7. The van der Waals surface area contributed by atoms with Gasteiger partial charge in [-0.25, -0.2) is 8.42 Å². The van der Waals surface area contributed by atoms with Crippen LogP contribution in [-0.4, -0.2) is 40.6 Å². The average molecular weight is 435 g/mol. The Morgan fingerprint density at radius 1 is 0.967 bits per heavy atom. The van der Waals surface area contributed by atoms with Crippen molar-refractivity contribution in [1.82, 2.24) is 5.32 Å². The lowest BCUT2D eigenvalue weighted by Gasteiger charge is -2.27. The molecule has 2 rings (SSSR count). The fraction of sp³-hybridized carbons (Fsp3) is 0.409. The number of carbonyl (C=O) groups excluding carboxylic acids is 1. The predicted octanol–water partition coefficient (Wildman–Crippen LogP) is 3.43. The summed E-state index contributed by atoms with van der Waals surface area (Å²) in [6.45, 7) is 8.94. The van der Waals surface area contributed by atoms with Crippen molar-refractivity contribution in [2.45, 2.75) is 45.1 Å². The normalized spacial score (nSPS) is 11.7. The Kier molecular flexibility index (Phi) is 7.02. The molecule has 0 aliphatic heterocycles. The van der Waals surface area contributed by atoms with Gasteiger partial charge < -0.3 is 14.8 Å². The Labute approximate surface area is 179 Å². The molecule has 1 amide bonds. The second-order valence-corrected chi connectivity index (χ2v) is 10.0. The summed E-state index contributed by atoms with van der Waals surface area (Å²) in [5, 5.41) is 2.82. The number of nitrogens with zero attached hydrogens (tertiary/aromatic N) is 1. The van der Waals surface area contributed by atoms with Gasteiger partial charge in [-0.15, -0.1) is 0 Å². The van der Waals surface area contributed by atoms with Crippen LogP contribution in [0.4, 0.5) is 5.69 Å². The lowest BCUT2D eigenvalue weighted by molar-refractivity contribution is -0.121. The summed E-state index contributed by atoms with van der Waals surface area (Å²) < 4.78 is 38.7. The highest BCUT2D eigenvalue weighted by molar-refractivity contribution is 7.92. The van der Waals surface area contributed by atoms with E-state index < -0.39 is 21.5 Å². The third-order valence-corrected chi connectivity index (χ3v) is 6.01. The van der Waals surface area contributed by atoms with Gasteiger partial charge in [0.15, 0.2) is 11.5 Å². The zero-order valence-corrected chi connectivity index (χ0v) is 19.4. The highest BCUT2D eigenvalue weighted by atomic mass is 32.2. The van der Waals surface area contributed by atoms with Gasteiger partial charge in [0.05, 0.1) is 24.8 Å². The molecule has 0 radical (unpaired) electrons. The number of nitrogens with one attached hydrogen (secondary N) is 1. The van der Waals surface area contributed by atoms with Gasteiger partial charge in [-0.1, -0.05) is 6.07 Å². The molecule has 0 fully saturated rings. The van der Waals surface area contributed by atoms with Crippen molar-refractivity contribution in [2.24, 2.45) is 0 Å². The van der Waals surface area contributed by atoms with Crippen LogP contribution in [0, 0.1) is 13.8 Å². The molecule has 0 aromatic heterocycles. The summed E-state index contributed by atoms with van der Waals surface area (Å²) in [5.41, 5.74) is 1.73. The molecule has 164 valence electrons. The lowest BCUT2D eigenvalue weighted by atomic mass is 10.1. The maximum absolute atomic E-state index is 13.6. The minimum absolute atomic E-state index is 0.00266. The third-order valence-electron chi connectivity index (χ3n) is 4.24. The summed E-state index contributed by atoms with van der Waals surface area (Å²) >= 11 is 0. The van der Waals surface area contributed by atoms with Crippen LogP contribution in [0.2, 0.25) is 0 Å². The molecular formula is C22H30N2O5S. The molecule has 0 bridgehead atoms. The molecule has 0 unspecified atom stereocenters. The molecule has 0 heterocycles. The second-order valence-electron chi connectivity index (χ2n) is 8.17. The van der Waals surface area contributed by atoms with Gasteiger partial charge in [0.2, 0.25) is 5.91 Å². The maximum atomic E-state index is 13.6. The molecule has 1 N–H and O–H groups in total. The van der Waals surface area contributed by atoms with E-state index >= 15 is 0 Å². The van der Waals surface area contributed by atoms with Crippen LogP contribution >= 0.6 is 0 Å². The number of benzene rings is 2. The van der Waals surface area contributed by atoms with Crippen LogP contribution in [-0.2, 0) is 14.8 Å². The number of aryl methyl sites for hydroxylation is 2. The van der Waals surface area contributed by atoms with E-state index in [1.165, 1.54) is 32.4 Å². The minimum atomic E-state index is -4.06. The van der Waals surface area contributed by atoms with E-state index in [1.807, 2.05) is 40.7 Å². The van der Waals surface area contributed by atoms with Gasteiger partial charge in [0.25, 0.3) is 10.0 Å².